The Morgan fingerprint density at radius 2 is 2.06 bits per heavy atom. The molecule has 0 unspecified atom stereocenters. The van der Waals surface area contributed by atoms with Crippen molar-refractivity contribution in [1.82, 2.24) is 5.32 Å². The van der Waals surface area contributed by atoms with Gasteiger partial charge in [0.25, 0.3) is 5.91 Å². The molecule has 0 heterocycles. The first-order chi connectivity index (χ1) is 8.15. The second-order valence-electron chi connectivity index (χ2n) is 3.19. The Morgan fingerprint density at radius 1 is 1.29 bits per heavy atom. The highest BCUT2D eigenvalue weighted by atomic mass is 79.9. The van der Waals surface area contributed by atoms with Gasteiger partial charge in [-0.15, -0.1) is 0 Å². The molecule has 1 aromatic carbocycles. The van der Waals surface area contributed by atoms with Crippen molar-refractivity contribution in [3.05, 3.63) is 35.4 Å². The molecule has 3 nitrogen and oxygen atoms in total. The lowest BCUT2D eigenvalue weighted by atomic mass is 10.2. The van der Waals surface area contributed by atoms with Gasteiger partial charge in [0.2, 0.25) is 0 Å². The van der Waals surface area contributed by atoms with E-state index in [1.807, 2.05) is 0 Å². The van der Waals surface area contributed by atoms with Crippen LogP contribution in [0.15, 0.2) is 18.2 Å². The van der Waals surface area contributed by atoms with E-state index in [1.54, 1.807) is 0 Å². The molecule has 0 aliphatic heterocycles. The number of benzene rings is 1. The maximum atomic E-state index is 12.8. The normalized spacial score (nSPS) is 10.3. The second-order valence-corrected chi connectivity index (χ2v) is 3.98. The molecule has 0 radical (unpaired) electrons. The summed E-state index contributed by atoms with van der Waals surface area (Å²) in [6.45, 7) is 1.26. The Hall–Kier alpha value is -1.01. The summed E-state index contributed by atoms with van der Waals surface area (Å²) < 4.78 is 30.6. The van der Waals surface area contributed by atoms with E-state index in [0.29, 0.717) is 19.8 Å². The van der Waals surface area contributed by atoms with E-state index in [0.717, 1.165) is 17.5 Å². The van der Waals surface area contributed by atoms with Gasteiger partial charge in [-0.25, -0.2) is 8.78 Å². The van der Waals surface area contributed by atoms with E-state index in [9.17, 15) is 13.6 Å². The molecule has 0 saturated carbocycles. The predicted molar refractivity (Wildman–Crippen MR) is 63.3 cm³/mol. The van der Waals surface area contributed by atoms with Gasteiger partial charge in [-0.05, 0) is 18.2 Å². The smallest absolute Gasteiger partial charge is 0.251 e. The molecule has 1 rings (SSSR count). The summed E-state index contributed by atoms with van der Waals surface area (Å²) in [6.07, 6.45) is 0. The summed E-state index contributed by atoms with van der Waals surface area (Å²) in [6, 6.07) is 3.02. The summed E-state index contributed by atoms with van der Waals surface area (Å²) in [4.78, 5) is 11.5. The van der Waals surface area contributed by atoms with Crippen LogP contribution in [-0.2, 0) is 4.74 Å². The first-order valence-corrected chi connectivity index (χ1v) is 6.14. The van der Waals surface area contributed by atoms with Gasteiger partial charge < -0.3 is 10.1 Å². The van der Waals surface area contributed by atoms with Crippen LogP contribution >= 0.6 is 15.9 Å². The second kappa shape index (κ2) is 7.34. The van der Waals surface area contributed by atoms with Crippen LogP contribution in [0.4, 0.5) is 8.78 Å². The highest BCUT2D eigenvalue weighted by Gasteiger charge is 2.08. The van der Waals surface area contributed by atoms with Crippen LogP contribution in [0.2, 0.25) is 0 Å². The molecule has 1 N–H and O–H groups in total. The molecule has 0 atom stereocenters. The van der Waals surface area contributed by atoms with Crippen LogP contribution in [-0.4, -0.2) is 31.0 Å². The van der Waals surface area contributed by atoms with Crippen molar-refractivity contribution in [2.45, 2.75) is 0 Å². The largest absolute Gasteiger partial charge is 0.379 e. The maximum Gasteiger partial charge on any atom is 0.251 e. The topological polar surface area (TPSA) is 38.3 Å². The molecule has 1 aromatic rings. The monoisotopic (exact) mass is 307 g/mol. The van der Waals surface area contributed by atoms with Crippen LogP contribution in [0.3, 0.4) is 0 Å². The van der Waals surface area contributed by atoms with Crippen molar-refractivity contribution in [3.63, 3.8) is 0 Å². The third kappa shape index (κ3) is 4.79. The molecule has 0 bridgehead atoms. The molecule has 0 spiro atoms. The summed E-state index contributed by atoms with van der Waals surface area (Å²) in [5.74, 6) is -2.46. The average molecular weight is 308 g/mol. The molecule has 17 heavy (non-hydrogen) atoms. The Kier molecular flexibility index (Phi) is 6.07. The first-order valence-electron chi connectivity index (χ1n) is 5.02. The molecule has 94 valence electrons. The van der Waals surface area contributed by atoms with Crippen molar-refractivity contribution in [2.24, 2.45) is 0 Å². The number of halogens is 3. The van der Waals surface area contributed by atoms with Crippen LogP contribution in [0.25, 0.3) is 0 Å². The first kappa shape index (κ1) is 14.1. The zero-order valence-corrected chi connectivity index (χ0v) is 10.6. The quantitative estimate of drug-likeness (QED) is 0.646. The van der Waals surface area contributed by atoms with E-state index in [-0.39, 0.29) is 5.56 Å². The highest BCUT2D eigenvalue weighted by molar-refractivity contribution is 9.09. The van der Waals surface area contributed by atoms with E-state index >= 15 is 0 Å². The van der Waals surface area contributed by atoms with Crippen molar-refractivity contribution in [3.8, 4) is 0 Å². The van der Waals surface area contributed by atoms with E-state index < -0.39 is 17.5 Å². The van der Waals surface area contributed by atoms with Gasteiger partial charge in [0.1, 0.15) is 0 Å². The fraction of sp³-hybridized carbons (Fsp3) is 0.364. The zero-order chi connectivity index (χ0) is 12.7. The Balaban J connectivity index is 2.39. The molecule has 0 saturated heterocycles. The molecule has 0 fully saturated rings. The van der Waals surface area contributed by atoms with Crippen LogP contribution in [0, 0.1) is 11.6 Å². The third-order valence-electron chi connectivity index (χ3n) is 1.94. The maximum absolute atomic E-state index is 12.8. The molecular weight excluding hydrogens is 296 g/mol. The van der Waals surface area contributed by atoms with Crippen molar-refractivity contribution >= 4 is 21.8 Å². The number of ether oxygens (including phenoxy) is 1. The lowest BCUT2D eigenvalue weighted by Gasteiger charge is -2.05. The lowest BCUT2D eigenvalue weighted by Crippen LogP contribution is -2.27. The molecular formula is C11H12BrF2NO2. The Labute approximate surface area is 106 Å². The summed E-state index contributed by atoms with van der Waals surface area (Å²) in [5, 5.41) is 3.26. The molecule has 6 heteroatoms. The Morgan fingerprint density at radius 3 is 2.71 bits per heavy atom. The van der Waals surface area contributed by atoms with Gasteiger partial charge in [0.15, 0.2) is 11.6 Å². The third-order valence-corrected chi connectivity index (χ3v) is 2.26. The minimum atomic E-state index is -1.03. The minimum absolute atomic E-state index is 0.0874. The van der Waals surface area contributed by atoms with Gasteiger partial charge in [0.05, 0.1) is 13.2 Å². The average Bonchev–Trinajstić information content (AvgIpc) is 2.32. The van der Waals surface area contributed by atoms with Gasteiger partial charge in [0, 0.05) is 17.4 Å². The summed E-state index contributed by atoms with van der Waals surface area (Å²) in [7, 11) is 0. The van der Waals surface area contributed by atoms with E-state index in [4.69, 9.17) is 4.74 Å². The number of rotatable bonds is 6. The van der Waals surface area contributed by atoms with Crippen molar-refractivity contribution in [2.75, 3.05) is 25.1 Å². The van der Waals surface area contributed by atoms with Gasteiger partial charge in [-0.3, -0.25) is 4.79 Å². The number of alkyl halides is 1. The van der Waals surface area contributed by atoms with Crippen LogP contribution < -0.4 is 5.32 Å². The van der Waals surface area contributed by atoms with Crippen molar-refractivity contribution in [1.29, 1.82) is 0 Å². The summed E-state index contributed by atoms with van der Waals surface area (Å²) >= 11 is 3.19. The van der Waals surface area contributed by atoms with Crippen molar-refractivity contribution < 1.29 is 18.3 Å². The van der Waals surface area contributed by atoms with E-state index in [2.05, 4.69) is 21.2 Å². The fourth-order valence-electron chi connectivity index (χ4n) is 1.13. The van der Waals surface area contributed by atoms with Gasteiger partial charge >= 0.3 is 0 Å². The standard InChI is InChI=1S/C11H12BrF2NO2/c12-3-5-17-6-4-15-11(16)8-1-2-9(13)10(14)7-8/h1-2,7H,3-6H2,(H,15,16). The molecule has 1 amide bonds. The number of hydrogen-bond donors (Lipinski definition) is 1. The number of hydrogen-bond acceptors (Lipinski definition) is 2. The summed E-state index contributed by atoms with van der Waals surface area (Å²) in [5.41, 5.74) is 0.0874. The molecule has 0 aliphatic rings. The molecule has 0 aromatic heterocycles. The number of carbonyl (C=O) groups excluding carboxylic acids is 1. The Bertz CT molecular complexity index is 388. The highest BCUT2D eigenvalue weighted by Crippen LogP contribution is 2.08. The molecule has 0 aliphatic carbocycles. The number of amides is 1. The van der Waals surface area contributed by atoms with Gasteiger partial charge in [-0.2, -0.15) is 0 Å². The lowest BCUT2D eigenvalue weighted by molar-refractivity contribution is 0.0923. The zero-order valence-electron chi connectivity index (χ0n) is 9.01. The predicted octanol–water partition coefficient (Wildman–Crippen LogP) is 2.11. The van der Waals surface area contributed by atoms with E-state index in [1.165, 1.54) is 6.07 Å². The van der Waals surface area contributed by atoms with Gasteiger partial charge in [-0.1, -0.05) is 15.9 Å². The van der Waals surface area contributed by atoms with Crippen LogP contribution in [0.5, 0.6) is 0 Å². The van der Waals surface area contributed by atoms with Crippen LogP contribution in [0.1, 0.15) is 10.4 Å². The number of carbonyl (C=O) groups is 1. The SMILES string of the molecule is O=C(NCCOCCBr)c1ccc(F)c(F)c1. The fourth-order valence-corrected chi connectivity index (χ4v) is 1.36. The number of nitrogens with one attached hydrogen (secondary N) is 1. The minimum Gasteiger partial charge on any atom is -0.379 e.